The third-order valence-corrected chi connectivity index (χ3v) is 6.01. The van der Waals surface area contributed by atoms with E-state index in [1.165, 1.54) is 6.08 Å². The van der Waals surface area contributed by atoms with Crippen LogP contribution in [0.5, 0.6) is 0 Å². The SMILES string of the molecule is Cn1c(/C=C/c2ccccc2)cc2oc(C=C3C(=O)c4cc5ccccc5cc4C3=O)nc21. The molecule has 0 atom stereocenters. The monoisotopic (exact) mass is 430 g/mol. The van der Waals surface area contributed by atoms with Crippen molar-refractivity contribution in [1.29, 1.82) is 0 Å². The van der Waals surface area contributed by atoms with Gasteiger partial charge in [-0.25, -0.2) is 0 Å². The summed E-state index contributed by atoms with van der Waals surface area (Å²) in [5, 5.41) is 1.85. The zero-order valence-electron chi connectivity index (χ0n) is 17.8. The molecule has 3 aromatic carbocycles. The van der Waals surface area contributed by atoms with Gasteiger partial charge in [-0.05, 0) is 34.5 Å². The Morgan fingerprint density at radius 1 is 0.818 bits per heavy atom. The Morgan fingerprint density at radius 2 is 1.45 bits per heavy atom. The summed E-state index contributed by atoms with van der Waals surface area (Å²) >= 11 is 0. The first-order valence-electron chi connectivity index (χ1n) is 10.6. The first-order valence-corrected chi connectivity index (χ1v) is 10.6. The summed E-state index contributed by atoms with van der Waals surface area (Å²) in [6.07, 6.45) is 5.47. The van der Waals surface area contributed by atoms with Crippen LogP contribution in [-0.2, 0) is 7.05 Å². The second-order valence-electron chi connectivity index (χ2n) is 8.07. The summed E-state index contributed by atoms with van der Waals surface area (Å²) in [5.74, 6) is -0.354. The molecule has 0 saturated heterocycles. The molecule has 33 heavy (non-hydrogen) atoms. The fourth-order valence-corrected chi connectivity index (χ4v) is 4.26. The van der Waals surface area contributed by atoms with Gasteiger partial charge >= 0.3 is 0 Å². The second-order valence-corrected chi connectivity index (χ2v) is 8.07. The van der Waals surface area contributed by atoms with Crippen LogP contribution in [0, 0.1) is 0 Å². The lowest BCUT2D eigenvalue weighted by Gasteiger charge is -2.00. The number of hydrogen-bond acceptors (Lipinski definition) is 4. The summed E-state index contributed by atoms with van der Waals surface area (Å²) in [5.41, 5.74) is 4.21. The van der Waals surface area contributed by atoms with Gasteiger partial charge in [-0.1, -0.05) is 60.7 Å². The number of fused-ring (bicyclic) bond motifs is 3. The van der Waals surface area contributed by atoms with E-state index in [2.05, 4.69) is 4.98 Å². The molecule has 1 aliphatic carbocycles. The number of benzene rings is 3. The number of aromatic nitrogens is 2. The van der Waals surface area contributed by atoms with E-state index in [1.54, 1.807) is 12.1 Å². The van der Waals surface area contributed by atoms with Crippen LogP contribution in [0.2, 0.25) is 0 Å². The zero-order chi connectivity index (χ0) is 22.5. The minimum absolute atomic E-state index is 0.0797. The van der Waals surface area contributed by atoms with Gasteiger partial charge in [-0.15, -0.1) is 0 Å². The topological polar surface area (TPSA) is 65.1 Å². The maximum Gasteiger partial charge on any atom is 0.222 e. The van der Waals surface area contributed by atoms with Crippen molar-refractivity contribution in [2.75, 3.05) is 0 Å². The fraction of sp³-hybridized carbons (Fsp3) is 0.0357. The molecule has 6 rings (SSSR count). The lowest BCUT2D eigenvalue weighted by molar-refractivity contribution is 0.0990. The molecule has 0 saturated carbocycles. The molecule has 0 bridgehead atoms. The molecule has 5 nitrogen and oxygen atoms in total. The molecule has 0 spiro atoms. The van der Waals surface area contributed by atoms with Gasteiger partial charge in [0.25, 0.3) is 0 Å². The lowest BCUT2D eigenvalue weighted by atomic mass is 10.0. The Balaban J connectivity index is 1.35. The maximum atomic E-state index is 13.0. The Bertz CT molecular complexity index is 1590. The molecule has 0 N–H and O–H groups in total. The molecular formula is C28H18N2O3. The minimum atomic E-state index is -0.297. The normalized spacial score (nSPS) is 13.5. The number of carbonyl (C=O) groups excluding carboxylic acids is 2. The smallest absolute Gasteiger partial charge is 0.222 e. The van der Waals surface area contributed by atoms with Crippen LogP contribution >= 0.6 is 0 Å². The highest BCUT2D eigenvalue weighted by molar-refractivity contribution is 6.42. The number of aryl methyl sites for hydroxylation is 1. The van der Waals surface area contributed by atoms with Gasteiger partial charge in [0, 0.05) is 36.0 Å². The van der Waals surface area contributed by atoms with Gasteiger partial charge in [0.05, 0.1) is 5.57 Å². The Kier molecular flexibility index (Phi) is 4.23. The van der Waals surface area contributed by atoms with E-state index in [0.29, 0.717) is 22.4 Å². The van der Waals surface area contributed by atoms with E-state index >= 15 is 0 Å². The van der Waals surface area contributed by atoms with Gasteiger partial charge in [-0.3, -0.25) is 9.59 Å². The first-order chi connectivity index (χ1) is 16.1. The number of ketones is 2. The van der Waals surface area contributed by atoms with E-state index in [4.69, 9.17) is 4.42 Å². The van der Waals surface area contributed by atoms with E-state index < -0.39 is 0 Å². The molecule has 0 aliphatic heterocycles. The average molecular weight is 430 g/mol. The molecule has 0 fully saturated rings. The summed E-state index contributed by atoms with van der Waals surface area (Å²) in [6.45, 7) is 0. The van der Waals surface area contributed by atoms with Crippen molar-refractivity contribution in [2.45, 2.75) is 0 Å². The third kappa shape index (κ3) is 3.13. The predicted molar refractivity (Wildman–Crippen MR) is 129 cm³/mol. The van der Waals surface area contributed by atoms with Crippen LogP contribution in [0.4, 0.5) is 0 Å². The van der Waals surface area contributed by atoms with E-state index in [-0.39, 0.29) is 23.0 Å². The van der Waals surface area contributed by atoms with Crippen LogP contribution in [0.25, 0.3) is 40.2 Å². The molecule has 158 valence electrons. The highest BCUT2D eigenvalue weighted by Crippen LogP contribution is 2.32. The Morgan fingerprint density at radius 3 is 2.09 bits per heavy atom. The van der Waals surface area contributed by atoms with Crippen LogP contribution < -0.4 is 0 Å². The maximum absolute atomic E-state index is 13.0. The molecule has 2 aromatic heterocycles. The quantitative estimate of drug-likeness (QED) is 0.262. The van der Waals surface area contributed by atoms with Crippen molar-refractivity contribution >= 4 is 51.8 Å². The summed E-state index contributed by atoms with van der Waals surface area (Å²) in [6, 6.07) is 23.2. The largest absolute Gasteiger partial charge is 0.435 e. The summed E-state index contributed by atoms with van der Waals surface area (Å²) in [7, 11) is 1.90. The fourth-order valence-electron chi connectivity index (χ4n) is 4.26. The zero-order valence-corrected chi connectivity index (χ0v) is 17.8. The van der Waals surface area contributed by atoms with Crippen molar-refractivity contribution in [1.82, 2.24) is 9.55 Å². The van der Waals surface area contributed by atoms with Crippen molar-refractivity contribution in [3.05, 3.63) is 107 Å². The molecule has 0 radical (unpaired) electrons. The first kappa shape index (κ1) is 19.2. The summed E-state index contributed by atoms with van der Waals surface area (Å²) in [4.78, 5) is 30.5. The molecule has 1 aliphatic rings. The molecular weight excluding hydrogens is 412 g/mol. The molecule has 5 aromatic rings. The molecule has 5 heteroatoms. The minimum Gasteiger partial charge on any atom is -0.435 e. The number of Topliss-reactive ketones (excluding diaryl/α,β-unsaturated/α-hetero) is 2. The van der Waals surface area contributed by atoms with E-state index in [0.717, 1.165) is 22.0 Å². The second kappa shape index (κ2) is 7.28. The molecule has 0 amide bonds. The van der Waals surface area contributed by atoms with Crippen molar-refractivity contribution < 1.29 is 14.0 Å². The van der Waals surface area contributed by atoms with Gasteiger partial charge in [0.2, 0.25) is 5.89 Å². The number of rotatable bonds is 3. The number of nitrogens with zero attached hydrogens (tertiary/aromatic N) is 2. The van der Waals surface area contributed by atoms with Crippen molar-refractivity contribution in [3.63, 3.8) is 0 Å². The van der Waals surface area contributed by atoms with Crippen LogP contribution in [0.1, 0.15) is 37.9 Å². The van der Waals surface area contributed by atoms with Crippen LogP contribution in [-0.4, -0.2) is 21.1 Å². The number of carbonyl (C=O) groups is 2. The number of hydrogen-bond donors (Lipinski definition) is 0. The van der Waals surface area contributed by atoms with Crippen molar-refractivity contribution in [2.24, 2.45) is 7.05 Å². The summed E-state index contributed by atoms with van der Waals surface area (Å²) < 4.78 is 7.79. The Hall–Kier alpha value is -4.51. The highest BCUT2D eigenvalue weighted by atomic mass is 16.3. The van der Waals surface area contributed by atoms with Crippen LogP contribution in [0.15, 0.2) is 82.8 Å². The third-order valence-electron chi connectivity index (χ3n) is 6.01. The lowest BCUT2D eigenvalue weighted by Crippen LogP contribution is -2.00. The standard InChI is InChI=1S/C28H18N2O3/c1-30-20(12-11-17-7-3-2-4-8-17)15-24-28(30)29-25(33-24)16-23-26(31)21-13-18-9-5-6-10-19(18)14-22(21)27(23)32/h2-16H,1H3/b12-11+. The van der Waals surface area contributed by atoms with E-state index in [1.807, 2.05) is 84.4 Å². The van der Waals surface area contributed by atoms with Gasteiger partial charge in [0.1, 0.15) is 0 Å². The van der Waals surface area contributed by atoms with Gasteiger partial charge in [0.15, 0.2) is 22.8 Å². The van der Waals surface area contributed by atoms with Gasteiger partial charge < -0.3 is 8.98 Å². The van der Waals surface area contributed by atoms with Crippen LogP contribution in [0.3, 0.4) is 0 Å². The highest BCUT2D eigenvalue weighted by Gasteiger charge is 2.34. The Labute approximate surface area is 189 Å². The molecule has 2 heterocycles. The van der Waals surface area contributed by atoms with E-state index in [9.17, 15) is 9.59 Å². The average Bonchev–Trinajstić information content (AvgIpc) is 3.44. The van der Waals surface area contributed by atoms with Crippen molar-refractivity contribution in [3.8, 4) is 0 Å². The number of oxazole rings is 1. The predicted octanol–water partition coefficient (Wildman–Crippen LogP) is 5.95. The number of allylic oxidation sites excluding steroid dienone is 1. The molecule has 0 unspecified atom stereocenters. The van der Waals surface area contributed by atoms with Gasteiger partial charge in [-0.2, -0.15) is 4.98 Å².